The Morgan fingerprint density at radius 3 is 2.64 bits per heavy atom. The lowest BCUT2D eigenvalue weighted by Gasteiger charge is -2.22. The van der Waals surface area contributed by atoms with E-state index in [-0.39, 0.29) is 18.0 Å². The van der Waals surface area contributed by atoms with Crippen molar-refractivity contribution in [1.82, 2.24) is 25.3 Å². The Morgan fingerprint density at radius 1 is 1.15 bits per heavy atom. The molecule has 2 aromatic carbocycles. The van der Waals surface area contributed by atoms with Crippen molar-refractivity contribution in [2.24, 2.45) is 7.05 Å². The second-order valence-electron chi connectivity index (χ2n) is 11.3. The third-order valence-corrected chi connectivity index (χ3v) is 7.44. The maximum atomic E-state index is 13.9. The summed E-state index contributed by atoms with van der Waals surface area (Å²) < 4.78 is 7.05. The van der Waals surface area contributed by atoms with E-state index in [2.05, 4.69) is 26.7 Å². The topological polar surface area (TPSA) is 122 Å². The number of nitrogens with one attached hydrogen (secondary N) is 2. The molecule has 39 heavy (non-hydrogen) atoms. The molecule has 1 saturated carbocycles. The summed E-state index contributed by atoms with van der Waals surface area (Å²) in [4.78, 5) is 40.5. The van der Waals surface area contributed by atoms with Gasteiger partial charge in [-0.15, -0.1) is 0 Å². The molecular weight excluding hydrogens is 496 g/mol. The van der Waals surface area contributed by atoms with Gasteiger partial charge in [-0.2, -0.15) is 10.2 Å². The predicted octanol–water partition coefficient (Wildman–Crippen LogP) is 4.37. The number of aromatic amines is 1. The molecule has 1 spiro atoms. The van der Waals surface area contributed by atoms with Crippen LogP contribution >= 0.6 is 0 Å². The first-order chi connectivity index (χ1) is 18.5. The summed E-state index contributed by atoms with van der Waals surface area (Å²) in [6.45, 7) is 7.44. The number of aromatic nitrogens is 4. The van der Waals surface area contributed by atoms with Crippen LogP contribution in [0.3, 0.4) is 0 Å². The third kappa shape index (κ3) is 3.98. The number of para-hydroxylation sites is 1. The summed E-state index contributed by atoms with van der Waals surface area (Å²) in [6.07, 6.45) is 2.83. The standard InChI is InChI=1S/C29H30N6O4/c1-16-7-6-8-21-23(16)35(26(37)29(21)11-12-29)25-20(14-31-34(25)5)17-9-10-18-19(13-17)22(32-33-24(18)36)15-30-27(38)39-28(2,3)4/h6-10,13-14H,11-12,15H2,1-5H3,(H,30,38)(H,33,36). The van der Waals surface area contributed by atoms with Crippen LogP contribution in [0.15, 0.2) is 47.4 Å². The van der Waals surface area contributed by atoms with Gasteiger partial charge >= 0.3 is 6.09 Å². The molecule has 0 bridgehead atoms. The van der Waals surface area contributed by atoms with E-state index < -0.39 is 17.1 Å². The molecule has 2 aromatic heterocycles. The van der Waals surface area contributed by atoms with Crippen molar-refractivity contribution in [1.29, 1.82) is 0 Å². The second-order valence-corrected chi connectivity index (χ2v) is 11.3. The Balaban J connectivity index is 1.43. The van der Waals surface area contributed by atoms with Crippen molar-refractivity contribution in [3.63, 3.8) is 0 Å². The van der Waals surface area contributed by atoms with E-state index in [9.17, 15) is 14.4 Å². The van der Waals surface area contributed by atoms with E-state index in [4.69, 9.17) is 4.74 Å². The van der Waals surface area contributed by atoms with Gasteiger partial charge in [0.05, 0.1) is 34.9 Å². The fraction of sp³-hybridized carbons (Fsp3) is 0.345. The van der Waals surface area contributed by atoms with Gasteiger partial charge in [-0.05, 0) is 69.4 Å². The van der Waals surface area contributed by atoms with E-state index >= 15 is 0 Å². The van der Waals surface area contributed by atoms with Crippen LogP contribution in [0, 0.1) is 6.92 Å². The van der Waals surface area contributed by atoms with Gasteiger partial charge in [0.25, 0.3) is 5.56 Å². The van der Waals surface area contributed by atoms with Crippen LogP contribution < -0.4 is 15.8 Å². The molecule has 2 N–H and O–H groups in total. The zero-order valence-corrected chi connectivity index (χ0v) is 22.6. The zero-order chi connectivity index (χ0) is 27.7. The number of carbonyl (C=O) groups excluding carboxylic acids is 2. The number of benzene rings is 2. The lowest BCUT2D eigenvalue weighted by molar-refractivity contribution is -0.119. The molecule has 2 amide bonds. The number of carbonyl (C=O) groups is 2. The maximum Gasteiger partial charge on any atom is 0.407 e. The molecule has 1 aliphatic carbocycles. The maximum absolute atomic E-state index is 13.9. The summed E-state index contributed by atoms with van der Waals surface area (Å²) in [5, 5.41) is 15.0. The Kier molecular flexibility index (Phi) is 5.43. The Morgan fingerprint density at radius 2 is 1.92 bits per heavy atom. The zero-order valence-electron chi connectivity index (χ0n) is 22.6. The highest BCUT2D eigenvalue weighted by Gasteiger charge is 2.60. The quantitative estimate of drug-likeness (QED) is 0.407. The fourth-order valence-electron chi connectivity index (χ4n) is 5.47. The fourth-order valence-corrected chi connectivity index (χ4v) is 5.47. The number of hydrogen-bond acceptors (Lipinski definition) is 6. The Labute approximate surface area is 225 Å². The molecule has 0 unspecified atom stereocenters. The summed E-state index contributed by atoms with van der Waals surface area (Å²) in [6, 6.07) is 11.5. The third-order valence-electron chi connectivity index (χ3n) is 7.44. The number of aryl methyl sites for hydroxylation is 2. The van der Waals surface area contributed by atoms with Crippen molar-refractivity contribution < 1.29 is 14.3 Å². The van der Waals surface area contributed by atoms with Gasteiger partial charge in [0, 0.05) is 18.0 Å². The van der Waals surface area contributed by atoms with E-state index in [1.165, 1.54) is 0 Å². The average Bonchev–Trinajstić information content (AvgIpc) is 3.54. The van der Waals surface area contributed by atoms with Crippen LogP contribution in [0.5, 0.6) is 0 Å². The van der Waals surface area contributed by atoms with Crippen LogP contribution in [0.25, 0.3) is 21.9 Å². The van der Waals surface area contributed by atoms with E-state index in [0.717, 1.165) is 40.8 Å². The van der Waals surface area contributed by atoms with E-state index in [1.807, 2.05) is 43.1 Å². The van der Waals surface area contributed by atoms with E-state index in [0.29, 0.717) is 22.3 Å². The number of H-pyrrole nitrogens is 1. The first-order valence-electron chi connectivity index (χ1n) is 13.0. The number of alkyl carbamates (subject to hydrolysis) is 1. The summed E-state index contributed by atoms with van der Waals surface area (Å²) >= 11 is 0. The van der Waals surface area contributed by atoms with Gasteiger partial charge in [0.15, 0.2) is 0 Å². The van der Waals surface area contributed by atoms with Crippen molar-refractivity contribution in [3.8, 4) is 11.1 Å². The van der Waals surface area contributed by atoms with Gasteiger partial charge < -0.3 is 10.1 Å². The number of anilines is 2. The highest BCUT2D eigenvalue weighted by atomic mass is 16.6. The number of amides is 2. The van der Waals surface area contributed by atoms with Crippen LogP contribution in [0.1, 0.15) is 50.4 Å². The molecule has 0 atom stereocenters. The molecule has 10 nitrogen and oxygen atoms in total. The van der Waals surface area contributed by atoms with Gasteiger partial charge in [0.1, 0.15) is 11.4 Å². The van der Waals surface area contributed by atoms with Gasteiger partial charge in [0.2, 0.25) is 5.91 Å². The summed E-state index contributed by atoms with van der Waals surface area (Å²) in [5.74, 6) is 0.739. The largest absolute Gasteiger partial charge is 0.444 e. The Hall–Kier alpha value is -4.47. The highest BCUT2D eigenvalue weighted by molar-refractivity contribution is 6.16. The molecule has 4 aromatic rings. The van der Waals surface area contributed by atoms with Gasteiger partial charge in [-0.1, -0.05) is 24.3 Å². The molecule has 0 radical (unpaired) electrons. The highest BCUT2D eigenvalue weighted by Crippen LogP contribution is 2.60. The molecule has 0 saturated heterocycles. The number of rotatable bonds is 4. The molecule has 10 heteroatoms. The monoisotopic (exact) mass is 526 g/mol. The lowest BCUT2D eigenvalue weighted by Crippen LogP contribution is -2.32. The Bertz CT molecular complexity index is 1720. The molecule has 6 rings (SSSR count). The minimum atomic E-state index is -0.641. The minimum Gasteiger partial charge on any atom is -0.444 e. The van der Waals surface area contributed by atoms with Gasteiger partial charge in [-0.25, -0.2) is 9.89 Å². The first-order valence-corrected chi connectivity index (χ1v) is 13.0. The summed E-state index contributed by atoms with van der Waals surface area (Å²) in [7, 11) is 1.82. The van der Waals surface area contributed by atoms with Crippen molar-refractivity contribution in [3.05, 3.63) is 69.8 Å². The van der Waals surface area contributed by atoms with Crippen molar-refractivity contribution in [2.45, 2.75) is 58.1 Å². The summed E-state index contributed by atoms with van der Waals surface area (Å²) in [5.41, 5.74) is 3.61. The molecule has 200 valence electrons. The normalized spacial score (nSPS) is 15.6. The molecule has 2 aliphatic rings. The van der Waals surface area contributed by atoms with Crippen LogP contribution in [-0.4, -0.2) is 37.6 Å². The van der Waals surface area contributed by atoms with Crippen LogP contribution in [0.2, 0.25) is 0 Å². The van der Waals surface area contributed by atoms with Crippen LogP contribution in [0.4, 0.5) is 16.3 Å². The second kappa shape index (κ2) is 8.52. The van der Waals surface area contributed by atoms with Crippen molar-refractivity contribution >= 4 is 34.3 Å². The number of hydrogen-bond donors (Lipinski definition) is 2. The number of nitrogens with zero attached hydrogens (tertiary/aromatic N) is 4. The number of ether oxygens (including phenoxy) is 1. The number of fused-ring (bicyclic) bond motifs is 3. The molecule has 1 fully saturated rings. The van der Waals surface area contributed by atoms with Crippen LogP contribution in [-0.2, 0) is 28.5 Å². The van der Waals surface area contributed by atoms with Gasteiger partial charge in [-0.3, -0.25) is 19.2 Å². The SMILES string of the molecule is Cc1cccc2c1N(c1c(-c3ccc4c(=O)[nH]nc(CNC(=O)OC(C)(C)C)c4c3)cnn1C)C(=O)C21CC1. The first kappa shape index (κ1) is 24.8. The minimum absolute atomic E-state index is 0.0608. The lowest BCUT2D eigenvalue weighted by atomic mass is 9.96. The van der Waals surface area contributed by atoms with E-state index in [1.54, 1.807) is 37.7 Å². The average molecular weight is 527 g/mol. The predicted molar refractivity (Wildman–Crippen MR) is 147 cm³/mol. The smallest absolute Gasteiger partial charge is 0.407 e. The molecule has 3 heterocycles. The van der Waals surface area contributed by atoms with Crippen molar-refractivity contribution in [2.75, 3.05) is 4.90 Å². The molecule has 1 aliphatic heterocycles. The molecular formula is C29H30N6O4.